The number of nitrogens with one attached hydrogen (secondary N) is 2. The fourth-order valence-corrected chi connectivity index (χ4v) is 5.40. The molecule has 1 aromatic carbocycles. The van der Waals surface area contributed by atoms with Crippen LogP contribution in [0.3, 0.4) is 0 Å². The average Bonchev–Trinajstić information content (AvgIpc) is 3.19. The Morgan fingerprint density at radius 2 is 1.87 bits per heavy atom. The molecule has 10 nitrogen and oxygen atoms in total. The summed E-state index contributed by atoms with van der Waals surface area (Å²) in [5.41, 5.74) is 0.665. The van der Waals surface area contributed by atoms with E-state index < -0.39 is 10.0 Å². The highest BCUT2D eigenvalue weighted by Gasteiger charge is 2.29. The van der Waals surface area contributed by atoms with Crippen molar-refractivity contribution in [2.24, 2.45) is 5.92 Å². The van der Waals surface area contributed by atoms with Crippen molar-refractivity contribution in [3.8, 4) is 5.75 Å². The van der Waals surface area contributed by atoms with E-state index in [0.29, 0.717) is 46.8 Å². The van der Waals surface area contributed by atoms with Crippen LogP contribution >= 0.6 is 23.1 Å². The first-order chi connectivity index (χ1) is 14.7. The maximum atomic E-state index is 12.4. The predicted molar refractivity (Wildman–Crippen MR) is 120 cm³/mol. The number of nitrogens with zero attached hydrogens (tertiary/aromatic N) is 3. The Labute approximate surface area is 188 Å². The minimum Gasteiger partial charge on any atom is -0.497 e. The predicted octanol–water partition coefficient (Wildman–Crippen LogP) is 1.89. The Balaban J connectivity index is 1.43. The van der Waals surface area contributed by atoms with Gasteiger partial charge in [-0.15, -0.1) is 10.2 Å². The molecule has 2 N–H and O–H groups in total. The van der Waals surface area contributed by atoms with Gasteiger partial charge in [0, 0.05) is 24.7 Å². The topological polar surface area (TPSA) is 131 Å². The fourth-order valence-electron chi connectivity index (χ4n) is 2.97. The van der Waals surface area contributed by atoms with Gasteiger partial charge < -0.3 is 15.4 Å². The summed E-state index contributed by atoms with van der Waals surface area (Å²) in [6.45, 7) is 0.662. The van der Waals surface area contributed by atoms with Gasteiger partial charge in [0.2, 0.25) is 27.0 Å². The summed E-state index contributed by atoms with van der Waals surface area (Å²) in [4.78, 5) is 24.5. The summed E-state index contributed by atoms with van der Waals surface area (Å²) in [6, 6.07) is 7.02. The lowest BCUT2D eigenvalue weighted by atomic mass is 9.97. The van der Waals surface area contributed by atoms with Gasteiger partial charge in [-0.3, -0.25) is 9.59 Å². The lowest BCUT2D eigenvalue weighted by molar-refractivity contribution is -0.121. The normalized spacial score (nSPS) is 15.4. The molecule has 0 atom stereocenters. The molecule has 1 fully saturated rings. The minimum atomic E-state index is -3.23. The number of piperidine rings is 1. The Kier molecular flexibility index (Phi) is 7.86. The standard InChI is InChI=1S/C18H23N5O5S3/c1-28-14-5-3-13(4-6-14)19-15(24)11-29-18-22-21-17(30-18)20-16(25)12-7-9-23(10-8-12)31(2,26)27/h3-6,12H,7-11H2,1-2H3,(H,19,24)(H,20,21,25). The lowest BCUT2D eigenvalue weighted by Gasteiger charge is -2.29. The molecule has 1 saturated heterocycles. The van der Waals surface area contributed by atoms with E-state index in [9.17, 15) is 18.0 Å². The molecule has 0 bridgehead atoms. The van der Waals surface area contributed by atoms with Gasteiger partial charge in [-0.25, -0.2) is 12.7 Å². The van der Waals surface area contributed by atoms with Crippen LogP contribution in [0, 0.1) is 5.92 Å². The highest BCUT2D eigenvalue weighted by Crippen LogP contribution is 2.27. The number of thioether (sulfide) groups is 1. The van der Waals surface area contributed by atoms with Crippen LogP contribution in [0.5, 0.6) is 5.75 Å². The Hall–Kier alpha value is -2.22. The van der Waals surface area contributed by atoms with E-state index in [2.05, 4.69) is 20.8 Å². The van der Waals surface area contributed by atoms with E-state index in [1.807, 2.05) is 0 Å². The number of methoxy groups -OCH3 is 1. The summed E-state index contributed by atoms with van der Waals surface area (Å²) in [7, 11) is -1.65. The number of ether oxygens (including phenoxy) is 1. The summed E-state index contributed by atoms with van der Waals surface area (Å²) in [6.07, 6.45) is 2.10. The lowest BCUT2D eigenvalue weighted by Crippen LogP contribution is -2.40. The molecule has 2 heterocycles. The quantitative estimate of drug-likeness (QED) is 0.428. The molecule has 0 unspecified atom stereocenters. The number of hydrogen-bond acceptors (Lipinski definition) is 9. The second kappa shape index (κ2) is 10.4. The van der Waals surface area contributed by atoms with E-state index in [0.717, 1.165) is 0 Å². The summed E-state index contributed by atoms with van der Waals surface area (Å²) >= 11 is 2.41. The van der Waals surface area contributed by atoms with Crippen molar-refractivity contribution >= 4 is 55.8 Å². The second-order valence-electron chi connectivity index (χ2n) is 6.86. The van der Waals surface area contributed by atoms with Crippen molar-refractivity contribution in [1.29, 1.82) is 0 Å². The molecule has 0 radical (unpaired) electrons. The minimum absolute atomic E-state index is 0.151. The van der Waals surface area contributed by atoms with Crippen LogP contribution in [0.15, 0.2) is 28.6 Å². The van der Waals surface area contributed by atoms with Crippen LogP contribution in [0.4, 0.5) is 10.8 Å². The zero-order valence-electron chi connectivity index (χ0n) is 17.0. The summed E-state index contributed by atoms with van der Waals surface area (Å²) in [5.74, 6) is 0.204. The van der Waals surface area contributed by atoms with Gasteiger partial charge in [0.25, 0.3) is 0 Å². The molecule has 2 amide bonds. The van der Waals surface area contributed by atoms with Gasteiger partial charge >= 0.3 is 0 Å². The van der Waals surface area contributed by atoms with Crippen molar-refractivity contribution in [2.45, 2.75) is 17.2 Å². The molecule has 1 aliphatic heterocycles. The largest absolute Gasteiger partial charge is 0.497 e. The first-order valence-electron chi connectivity index (χ1n) is 9.41. The maximum Gasteiger partial charge on any atom is 0.234 e. The Morgan fingerprint density at radius 3 is 2.48 bits per heavy atom. The van der Waals surface area contributed by atoms with Crippen LogP contribution in [0.25, 0.3) is 0 Å². The fraction of sp³-hybridized carbons (Fsp3) is 0.444. The molecule has 0 aliphatic carbocycles. The number of sulfonamides is 1. The van der Waals surface area contributed by atoms with Gasteiger partial charge in [-0.2, -0.15) is 0 Å². The van der Waals surface area contributed by atoms with Crippen molar-refractivity contribution in [3.05, 3.63) is 24.3 Å². The van der Waals surface area contributed by atoms with E-state index in [4.69, 9.17) is 4.74 Å². The first-order valence-corrected chi connectivity index (χ1v) is 13.1. The van der Waals surface area contributed by atoms with E-state index >= 15 is 0 Å². The van der Waals surface area contributed by atoms with Crippen LogP contribution < -0.4 is 15.4 Å². The maximum absolute atomic E-state index is 12.4. The number of carbonyl (C=O) groups is 2. The monoisotopic (exact) mass is 485 g/mol. The zero-order valence-corrected chi connectivity index (χ0v) is 19.5. The van der Waals surface area contributed by atoms with Gasteiger partial charge in [0.1, 0.15) is 5.75 Å². The third-order valence-corrected chi connectivity index (χ3v) is 7.91. The molecular weight excluding hydrogens is 462 g/mol. The molecular formula is C18H23N5O5S3. The van der Waals surface area contributed by atoms with Crippen LogP contribution in [0.2, 0.25) is 0 Å². The van der Waals surface area contributed by atoms with E-state index in [1.165, 1.54) is 33.7 Å². The van der Waals surface area contributed by atoms with Crippen LogP contribution in [-0.2, 0) is 19.6 Å². The van der Waals surface area contributed by atoms with E-state index in [-0.39, 0.29) is 23.5 Å². The molecule has 168 valence electrons. The van der Waals surface area contributed by atoms with Gasteiger partial charge in [-0.1, -0.05) is 23.1 Å². The van der Waals surface area contributed by atoms with Crippen molar-refractivity contribution in [1.82, 2.24) is 14.5 Å². The number of amides is 2. The van der Waals surface area contributed by atoms with Crippen molar-refractivity contribution in [3.63, 3.8) is 0 Å². The molecule has 1 aliphatic rings. The van der Waals surface area contributed by atoms with Gasteiger partial charge in [-0.05, 0) is 37.1 Å². The number of rotatable bonds is 8. The van der Waals surface area contributed by atoms with Gasteiger partial charge in [0.15, 0.2) is 4.34 Å². The number of aromatic nitrogens is 2. The Bertz CT molecular complexity index is 1020. The molecule has 31 heavy (non-hydrogen) atoms. The highest BCUT2D eigenvalue weighted by atomic mass is 32.2. The number of benzene rings is 1. The molecule has 3 rings (SSSR count). The molecule has 13 heteroatoms. The van der Waals surface area contributed by atoms with Crippen LogP contribution in [-0.4, -0.2) is 66.9 Å². The SMILES string of the molecule is COc1ccc(NC(=O)CSc2nnc(NC(=O)C3CCN(S(C)(=O)=O)CC3)s2)cc1. The smallest absolute Gasteiger partial charge is 0.234 e. The van der Waals surface area contributed by atoms with Gasteiger partial charge in [0.05, 0.1) is 19.1 Å². The van der Waals surface area contributed by atoms with Crippen molar-refractivity contribution < 1.29 is 22.7 Å². The number of hydrogen-bond donors (Lipinski definition) is 2. The highest BCUT2D eigenvalue weighted by molar-refractivity contribution is 8.01. The second-order valence-corrected chi connectivity index (χ2v) is 11.0. The Morgan fingerprint density at radius 1 is 1.19 bits per heavy atom. The first kappa shape index (κ1) is 23.4. The molecule has 0 spiro atoms. The number of anilines is 2. The third kappa shape index (κ3) is 6.89. The summed E-state index contributed by atoms with van der Waals surface area (Å²) < 4.78 is 30.2. The molecule has 2 aromatic rings. The molecule has 0 saturated carbocycles. The third-order valence-electron chi connectivity index (χ3n) is 4.63. The van der Waals surface area contributed by atoms with Crippen molar-refractivity contribution in [2.75, 3.05) is 42.8 Å². The summed E-state index contributed by atoms with van der Waals surface area (Å²) in [5, 5.41) is 13.8. The average molecular weight is 486 g/mol. The number of carbonyl (C=O) groups excluding carboxylic acids is 2. The van der Waals surface area contributed by atoms with Crippen LogP contribution in [0.1, 0.15) is 12.8 Å². The molecule has 1 aromatic heterocycles. The van der Waals surface area contributed by atoms with E-state index in [1.54, 1.807) is 31.4 Å². The zero-order chi connectivity index (χ0) is 22.4.